The molecule has 2 aromatic heterocycles. The van der Waals surface area contributed by atoms with Gasteiger partial charge in [-0.2, -0.15) is 0 Å². The third kappa shape index (κ3) is 6.72. The number of ether oxygens (including phenoxy) is 1. The molecule has 0 saturated carbocycles. The van der Waals surface area contributed by atoms with Gasteiger partial charge in [-0.3, -0.25) is 0 Å². The van der Waals surface area contributed by atoms with Crippen LogP contribution in [0.3, 0.4) is 0 Å². The largest absolute Gasteiger partial charge is 0.381 e. The van der Waals surface area contributed by atoms with E-state index in [-0.39, 0.29) is 0 Å². The van der Waals surface area contributed by atoms with Crippen molar-refractivity contribution in [2.24, 2.45) is 0 Å². The maximum absolute atomic E-state index is 5.59. The quantitative estimate of drug-likeness (QED) is 0.658. The molecule has 0 amide bonds. The molecule has 0 aliphatic carbocycles. The van der Waals surface area contributed by atoms with E-state index < -0.39 is 0 Å². The third-order valence-corrected chi connectivity index (χ3v) is 2.87. The van der Waals surface area contributed by atoms with Gasteiger partial charge in [0, 0.05) is 38.7 Å². The first-order valence-corrected chi connectivity index (χ1v) is 7.33. The molecule has 2 rings (SSSR count). The summed E-state index contributed by atoms with van der Waals surface area (Å²) in [5.41, 5.74) is 0. The van der Waals surface area contributed by atoms with Crippen molar-refractivity contribution in [1.82, 2.24) is 9.97 Å². The zero-order chi connectivity index (χ0) is 14.6. The molecule has 0 bridgehead atoms. The van der Waals surface area contributed by atoms with Gasteiger partial charge >= 0.3 is 0 Å². The number of hydrogen-bond acceptors (Lipinski definition) is 5. The fourth-order valence-corrected chi connectivity index (χ4v) is 1.82. The van der Waals surface area contributed by atoms with Crippen LogP contribution in [0.2, 0.25) is 0 Å². The molecule has 0 atom stereocenters. The summed E-state index contributed by atoms with van der Waals surface area (Å²) >= 11 is 0. The average molecular weight is 286 g/mol. The smallest absolute Gasteiger partial charge is 0.125 e. The van der Waals surface area contributed by atoms with E-state index in [0.29, 0.717) is 0 Å². The van der Waals surface area contributed by atoms with Crippen molar-refractivity contribution in [1.29, 1.82) is 0 Å². The predicted molar refractivity (Wildman–Crippen MR) is 85.5 cm³/mol. The highest BCUT2D eigenvalue weighted by atomic mass is 16.5. The Kier molecular flexibility index (Phi) is 7.06. The second-order valence-corrected chi connectivity index (χ2v) is 4.60. The highest BCUT2D eigenvalue weighted by Gasteiger charge is 1.94. The molecule has 0 saturated heterocycles. The molecule has 2 heterocycles. The molecule has 0 spiro atoms. The van der Waals surface area contributed by atoms with Crippen molar-refractivity contribution in [3.8, 4) is 0 Å². The van der Waals surface area contributed by atoms with E-state index in [4.69, 9.17) is 4.74 Å². The fraction of sp³-hybridized carbons (Fsp3) is 0.375. The van der Waals surface area contributed by atoms with Gasteiger partial charge in [0.05, 0.1) is 0 Å². The normalized spacial score (nSPS) is 10.3. The monoisotopic (exact) mass is 286 g/mol. The van der Waals surface area contributed by atoms with E-state index in [0.717, 1.165) is 50.8 Å². The van der Waals surface area contributed by atoms with Gasteiger partial charge in [-0.25, -0.2) is 9.97 Å². The zero-order valence-corrected chi connectivity index (χ0v) is 12.2. The van der Waals surface area contributed by atoms with Gasteiger partial charge in [-0.1, -0.05) is 12.1 Å². The summed E-state index contributed by atoms with van der Waals surface area (Å²) in [4.78, 5) is 8.40. The number of rotatable bonds is 10. The van der Waals surface area contributed by atoms with Gasteiger partial charge in [0.2, 0.25) is 0 Å². The van der Waals surface area contributed by atoms with Crippen LogP contribution in [0, 0.1) is 0 Å². The minimum absolute atomic E-state index is 0.767. The van der Waals surface area contributed by atoms with Crippen molar-refractivity contribution in [2.75, 3.05) is 36.9 Å². The fourth-order valence-electron chi connectivity index (χ4n) is 1.82. The Hall–Kier alpha value is -2.14. The summed E-state index contributed by atoms with van der Waals surface area (Å²) in [6.45, 7) is 3.29. The van der Waals surface area contributed by atoms with E-state index in [9.17, 15) is 0 Å². The molecule has 2 N–H and O–H groups in total. The lowest BCUT2D eigenvalue weighted by atomic mass is 10.4. The number of anilines is 2. The zero-order valence-electron chi connectivity index (χ0n) is 12.2. The number of nitrogens with zero attached hydrogens (tertiary/aromatic N) is 2. The van der Waals surface area contributed by atoms with Crippen LogP contribution < -0.4 is 10.6 Å². The van der Waals surface area contributed by atoms with Gasteiger partial charge in [0.15, 0.2) is 0 Å². The first kappa shape index (κ1) is 15.3. The summed E-state index contributed by atoms with van der Waals surface area (Å²) in [5.74, 6) is 1.83. The molecule has 0 radical (unpaired) electrons. The van der Waals surface area contributed by atoms with Crippen LogP contribution in [0.15, 0.2) is 48.8 Å². The predicted octanol–water partition coefficient (Wildman–Crippen LogP) is 2.80. The molecule has 0 fully saturated rings. The van der Waals surface area contributed by atoms with Crippen LogP contribution in [0.25, 0.3) is 0 Å². The molecule has 112 valence electrons. The summed E-state index contributed by atoms with van der Waals surface area (Å²) in [5, 5.41) is 6.51. The lowest BCUT2D eigenvalue weighted by Crippen LogP contribution is -2.09. The number of nitrogens with one attached hydrogen (secondary N) is 2. The summed E-state index contributed by atoms with van der Waals surface area (Å²) in [6, 6.07) is 11.7. The average Bonchev–Trinajstić information content (AvgIpc) is 2.55. The van der Waals surface area contributed by atoms with Crippen LogP contribution in [0.4, 0.5) is 11.6 Å². The van der Waals surface area contributed by atoms with E-state index in [1.807, 2.05) is 36.4 Å². The van der Waals surface area contributed by atoms with Crippen molar-refractivity contribution in [3.63, 3.8) is 0 Å². The van der Waals surface area contributed by atoms with Crippen LogP contribution in [-0.4, -0.2) is 36.3 Å². The van der Waals surface area contributed by atoms with Crippen molar-refractivity contribution in [2.45, 2.75) is 12.8 Å². The van der Waals surface area contributed by atoms with Gasteiger partial charge in [-0.05, 0) is 37.1 Å². The highest BCUT2D eigenvalue weighted by Crippen LogP contribution is 2.00. The van der Waals surface area contributed by atoms with E-state index in [2.05, 4.69) is 20.6 Å². The maximum atomic E-state index is 5.59. The third-order valence-electron chi connectivity index (χ3n) is 2.87. The van der Waals surface area contributed by atoms with Crippen LogP contribution >= 0.6 is 0 Å². The second-order valence-electron chi connectivity index (χ2n) is 4.60. The summed E-state index contributed by atoms with van der Waals surface area (Å²) in [7, 11) is 0. The second kappa shape index (κ2) is 9.72. The summed E-state index contributed by atoms with van der Waals surface area (Å²) in [6.07, 6.45) is 5.52. The van der Waals surface area contributed by atoms with Gasteiger partial charge in [0.25, 0.3) is 0 Å². The van der Waals surface area contributed by atoms with Gasteiger partial charge in [0.1, 0.15) is 11.6 Å². The Balaban J connectivity index is 1.40. The molecule has 5 nitrogen and oxygen atoms in total. The Morgan fingerprint density at radius 1 is 0.762 bits per heavy atom. The minimum Gasteiger partial charge on any atom is -0.381 e. The Labute approximate surface area is 125 Å². The van der Waals surface area contributed by atoms with Crippen LogP contribution in [0.5, 0.6) is 0 Å². The maximum Gasteiger partial charge on any atom is 0.125 e. The van der Waals surface area contributed by atoms with Gasteiger partial charge < -0.3 is 15.4 Å². The van der Waals surface area contributed by atoms with E-state index in [1.54, 1.807) is 12.4 Å². The summed E-state index contributed by atoms with van der Waals surface area (Å²) < 4.78 is 5.59. The molecular formula is C16H22N4O. The molecule has 21 heavy (non-hydrogen) atoms. The molecule has 0 aromatic carbocycles. The number of pyridine rings is 2. The standard InChI is InChI=1S/C16H22N4O/c1-3-9-17-15(7-1)19-11-5-13-21-14-6-12-20-16-8-2-4-10-18-16/h1-4,7-10H,5-6,11-14H2,(H,17,19)(H,18,20). The van der Waals surface area contributed by atoms with E-state index in [1.165, 1.54) is 0 Å². The topological polar surface area (TPSA) is 59.1 Å². The highest BCUT2D eigenvalue weighted by molar-refractivity contribution is 5.33. The Morgan fingerprint density at radius 3 is 1.71 bits per heavy atom. The van der Waals surface area contributed by atoms with E-state index >= 15 is 0 Å². The van der Waals surface area contributed by atoms with Crippen LogP contribution in [0.1, 0.15) is 12.8 Å². The minimum atomic E-state index is 0.767. The SMILES string of the molecule is c1ccc(NCCCOCCCNc2ccccn2)nc1. The first-order chi connectivity index (χ1) is 10.4. The first-order valence-electron chi connectivity index (χ1n) is 7.33. The number of hydrogen-bond donors (Lipinski definition) is 2. The lowest BCUT2D eigenvalue weighted by Gasteiger charge is -2.07. The van der Waals surface area contributed by atoms with Crippen LogP contribution in [-0.2, 0) is 4.74 Å². The molecule has 0 aliphatic rings. The Morgan fingerprint density at radius 2 is 1.29 bits per heavy atom. The molecule has 5 heteroatoms. The molecule has 0 unspecified atom stereocenters. The molecule has 0 aliphatic heterocycles. The van der Waals surface area contributed by atoms with Crippen molar-refractivity contribution >= 4 is 11.6 Å². The van der Waals surface area contributed by atoms with Crippen molar-refractivity contribution in [3.05, 3.63) is 48.8 Å². The molecular weight excluding hydrogens is 264 g/mol. The molecule has 2 aromatic rings. The number of aromatic nitrogens is 2. The lowest BCUT2D eigenvalue weighted by molar-refractivity contribution is 0.133. The Bertz CT molecular complexity index is 433. The van der Waals surface area contributed by atoms with Gasteiger partial charge in [-0.15, -0.1) is 0 Å². The van der Waals surface area contributed by atoms with Crippen molar-refractivity contribution < 1.29 is 4.74 Å².